The monoisotopic (exact) mass is 352 g/mol. The van der Waals surface area contributed by atoms with Gasteiger partial charge in [-0.05, 0) is 30.2 Å². The molecule has 26 heavy (non-hydrogen) atoms. The number of hydrazone groups is 1. The molecule has 0 aromatic heterocycles. The van der Waals surface area contributed by atoms with E-state index in [4.69, 9.17) is 4.84 Å². The van der Waals surface area contributed by atoms with Crippen molar-refractivity contribution in [2.75, 3.05) is 11.9 Å². The number of carbonyl (C=O) groups is 2. The Labute approximate surface area is 151 Å². The fourth-order valence-corrected chi connectivity index (χ4v) is 1.97. The lowest BCUT2D eigenvalue weighted by Gasteiger charge is -2.05. The number of nitrogens with zero attached hydrogens (tertiary/aromatic N) is 2. The van der Waals surface area contributed by atoms with Crippen LogP contribution >= 0.6 is 0 Å². The van der Waals surface area contributed by atoms with Crippen LogP contribution < -0.4 is 10.7 Å². The van der Waals surface area contributed by atoms with Crippen molar-refractivity contribution in [1.29, 1.82) is 0 Å². The molecule has 2 aromatic rings. The molecule has 0 aliphatic rings. The zero-order valence-corrected chi connectivity index (χ0v) is 14.6. The predicted octanol–water partition coefficient (Wildman–Crippen LogP) is 2.54. The van der Waals surface area contributed by atoms with Gasteiger partial charge in [-0.15, -0.1) is 0 Å². The minimum Gasteiger partial charge on any atom is -0.386 e. The van der Waals surface area contributed by atoms with Crippen LogP contribution in [0.4, 0.5) is 5.69 Å². The maximum Gasteiger partial charge on any atom is 0.280 e. The highest BCUT2D eigenvalue weighted by Gasteiger charge is 2.02. The minimum atomic E-state index is -0.413. The van der Waals surface area contributed by atoms with Gasteiger partial charge in [-0.3, -0.25) is 9.59 Å². The predicted molar refractivity (Wildman–Crippen MR) is 101 cm³/mol. The fourth-order valence-electron chi connectivity index (χ4n) is 1.97. The Bertz CT molecular complexity index is 799. The van der Waals surface area contributed by atoms with E-state index >= 15 is 0 Å². The Kier molecular flexibility index (Phi) is 7.05. The first-order chi connectivity index (χ1) is 12.5. The quantitative estimate of drug-likeness (QED) is 0.592. The van der Waals surface area contributed by atoms with Gasteiger partial charge in [0.25, 0.3) is 5.91 Å². The van der Waals surface area contributed by atoms with Gasteiger partial charge in [-0.1, -0.05) is 47.6 Å². The van der Waals surface area contributed by atoms with Gasteiger partial charge in [0.05, 0.1) is 11.9 Å². The van der Waals surface area contributed by atoms with Gasteiger partial charge in [0.1, 0.15) is 0 Å². The van der Waals surface area contributed by atoms with Crippen LogP contribution in [0.15, 0.2) is 64.9 Å². The molecule has 0 fully saturated rings. The number of anilines is 1. The first-order valence-electron chi connectivity index (χ1n) is 7.96. The second-order valence-corrected chi connectivity index (χ2v) is 5.41. The minimum absolute atomic E-state index is 0.134. The summed E-state index contributed by atoms with van der Waals surface area (Å²) in [5.74, 6) is -0.547. The molecule has 0 aliphatic carbocycles. The smallest absolute Gasteiger partial charge is 0.280 e. The standard InChI is InChI=1S/C19H20N4O3/c1-14(17-8-10-18(11-9-17)21-15(2)24)22-23-19(25)13-26-20-12-16-6-4-3-5-7-16/h3-12H,13H2,1-2H3,(H,21,24)(H,23,25). The summed E-state index contributed by atoms with van der Waals surface area (Å²) < 4.78 is 0. The SMILES string of the molecule is CC(=O)Nc1ccc(C(C)=NNC(=O)CON=Cc2ccccc2)cc1. The van der Waals surface area contributed by atoms with Crippen LogP contribution in [0.2, 0.25) is 0 Å². The van der Waals surface area contributed by atoms with Crippen molar-refractivity contribution >= 4 is 29.4 Å². The summed E-state index contributed by atoms with van der Waals surface area (Å²) >= 11 is 0. The molecule has 2 aromatic carbocycles. The van der Waals surface area contributed by atoms with Crippen LogP contribution in [0, 0.1) is 0 Å². The zero-order valence-electron chi connectivity index (χ0n) is 14.6. The summed E-state index contributed by atoms with van der Waals surface area (Å²) in [6, 6.07) is 16.5. The third-order valence-electron chi connectivity index (χ3n) is 3.24. The highest BCUT2D eigenvalue weighted by atomic mass is 16.6. The Morgan fingerprint density at radius 1 is 1.04 bits per heavy atom. The van der Waals surface area contributed by atoms with E-state index in [9.17, 15) is 9.59 Å². The molecule has 0 heterocycles. The van der Waals surface area contributed by atoms with Crippen molar-refractivity contribution in [1.82, 2.24) is 5.43 Å². The summed E-state index contributed by atoms with van der Waals surface area (Å²) in [6.07, 6.45) is 1.53. The largest absolute Gasteiger partial charge is 0.386 e. The average molecular weight is 352 g/mol. The maximum absolute atomic E-state index is 11.7. The molecule has 0 aliphatic heterocycles. The number of oxime groups is 1. The number of hydrogen-bond donors (Lipinski definition) is 2. The molecular weight excluding hydrogens is 332 g/mol. The molecule has 0 radical (unpaired) electrons. The summed E-state index contributed by atoms with van der Waals surface area (Å²) in [5.41, 5.74) is 5.43. The highest BCUT2D eigenvalue weighted by molar-refractivity contribution is 6.00. The fraction of sp³-hybridized carbons (Fsp3) is 0.158. The molecule has 0 bridgehead atoms. The van der Waals surface area contributed by atoms with E-state index in [1.54, 1.807) is 31.2 Å². The molecule has 2 amide bonds. The molecule has 0 spiro atoms. The van der Waals surface area contributed by atoms with E-state index in [0.717, 1.165) is 11.1 Å². The van der Waals surface area contributed by atoms with E-state index in [-0.39, 0.29) is 12.5 Å². The first kappa shape index (κ1) is 18.9. The van der Waals surface area contributed by atoms with Gasteiger partial charge in [-0.25, -0.2) is 5.43 Å². The van der Waals surface area contributed by atoms with Crippen molar-refractivity contribution in [3.05, 3.63) is 65.7 Å². The second-order valence-electron chi connectivity index (χ2n) is 5.41. The molecule has 0 saturated heterocycles. The zero-order chi connectivity index (χ0) is 18.8. The lowest BCUT2D eigenvalue weighted by atomic mass is 10.1. The van der Waals surface area contributed by atoms with E-state index < -0.39 is 5.91 Å². The van der Waals surface area contributed by atoms with Gasteiger partial charge in [0, 0.05) is 12.6 Å². The van der Waals surface area contributed by atoms with Crippen molar-refractivity contribution in [2.45, 2.75) is 13.8 Å². The van der Waals surface area contributed by atoms with Gasteiger partial charge >= 0.3 is 0 Å². The van der Waals surface area contributed by atoms with Crippen LogP contribution in [-0.4, -0.2) is 30.3 Å². The maximum atomic E-state index is 11.7. The van der Waals surface area contributed by atoms with Crippen LogP contribution in [0.25, 0.3) is 0 Å². The topological polar surface area (TPSA) is 92.2 Å². The lowest BCUT2D eigenvalue weighted by Crippen LogP contribution is -2.23. The summed E-state index contributed by atoms with van der Waals surface area (Å²) in [6.45, 7) is 2.98. The van der Waals surface area contributed by atoms with Crippen molar-refractivity contribution in [2.24, 2.45) is 10.3 Å². The summed E-state index contributed by atoms with van der Waals surface area (Å²) in [7, 11) is 0. The summed E-state index contributed by atoms with van der Waals surface area (Å²) in [4.78, 5) is 27.6. The van der Waals surface area contributed by atoms with Crippen LogP contribution in [0.5, 0.6) is 0 Å². The molecular formula is C19H20N4O3. The first-order valence-corrected chi connectivity index (χ1v) is 7.96. The molecule has 2 N–H and O–H groups in total. The van der Waals surface area contributed by atoms with Crippen LogP contribution in [0.1, 0.15) is 25.0 Å². The highest BCUT2D eigenvalue weighted by Crippen LogP contribution is 2.10. The molecule has 0 unspecified atom stereocenters. The van der Waals surface area contributed by atoms with Gasteiger partial charge in [0.15, 0.2) is 6.61 Å². The Morgan fingerprint density at radius 3 is 2.38 bits per heavy atom. The number of carbonyl (C=O) groups excluding carboxylic acids is 2. The molecule has 0 saturated carbocycles. The van der Waals surface area contributed by atoms with Crippen molar-refractivity contribution < 1.29 is 14.4 Å². The number of amides is 2. The summed E-state index contributed by atoms with van der Waals surface area (Å²) in [5, 5.41) is 10.4. The van der Waals surface area contributed by atoms with Gasteiger partial charge in [0.2, 0.25) is 5.91 Å². The van der Waals surface area contributed by atoms with Gasteiger partial charge in [-0.2, -0.15) is 5.10 Å². The number of benzene rings is 2. The third kappa shape index (κ3) is 6.56. The van der Waals surface area contributed by atoms with E-state index in [2.05, 4.69) is 21.0 Å². The van der Waals surface area contributed by atoms with Crippen molar-refractivity contribution in [3.8, 4) is 0 Å². The van der Waals surface area contributed by atoms with E-state index in [0.29, 0.717) is 11.4 Å². The Morgan fingerprint density at radius 2 is 1.73 bits per heavy atom. The third-order valence-corrected chi connectivity index (χ3v) is 3.24. The lowest BCUT2D eigenvalue weighted by molar-refractivity contribution is -0.125. The number of rotatable bonds is 7. The Balaban J connectivity index is 1.79. The molecule has 7 nitrogen and oxygen atoms in total. The van der Waals surface area contributed by atoms with Crippen LogP contribution in [0.3, 0.4) is 0 Å². The number of hydrogen-bond acceptors (Lipinski definition) is 5. The van der Waals surface area contributed by atoms with Crippen LogP contribution in [-0.2, 0) is 14.4 Å². The molecule has 2 rings (SSSR count). The Hall–Kier alpha value is -3.48. The van der Waals surface area contributed by atoms with E-state index in [1.807, 2.05) is 30.3 Å². The molecule has 134 valence electrons. The van der Waals surface area contributed by atoms with Crippen molar-refractivity contribution in [3.63, 3.8) is 0 Å². The van der Waals surface area contributed by atoms with Gasteiger partial charge < -0.3 is 10.2 Å². The molecule has 7 heteroatoms. The molecule has 0 atom stereocenters. The second kappa shape index (κ2) is 9.73. The average Bonchev–Trinajstić information content (AvgIpc) is 2.64. The normalized spacial score (nSPS) is 11.2. The van der Waals surface area contributed by atoms with E-state index in [1.165, 1.54) is 13.1 Å². The number of nitrogens with one attached hydrogen (secondary N) is 2.